The summed E-state index contributed by atoms with van der Waals surface area (Å²) in [6.07, 6.45) is -12.6. The molecular formula is C21H25NO10. The summed E-state index contributed by atoms with van der Waals surface area (Å²) in [7, 11) is 0. The molecule has 0 radical (unpaired) electrons. The number of hydrogen-bond acceptors (Lipinski definition) is 11. The largest absolute Gasteiger partial charge is 0.453 e. The molecule has 3 rings (SSSR count). The van der Waals surface area contributed by atoms with Crippen molar-refractivity contribution in [1.29, 1.82) is 5.26 Å². The Kier molecular flexibility index (Phi) is 7.94. The first-order valence-corrected chi connectivity index (χ1v) is 9.96. The number of esters is 1. The lowest BCUT2D eigenvalue weighted by Crippen LogP contribution is -2.60. The molecule has 0 aromatic heterocycles. The minimum atomic E-state index is -1.71. The van der Waals surface area contributed by atoms with Gasteiger partial charge in [-0.3, -0.25) is 0 Å². The first-order chi connectivity index (χ1) is 15.3. The van der Waals surface area contributed by atoms with Gasteiger partial charge in [0.15, 0.2) is 12.4 Å². The van der Waals surface area contributed by atoms with Crippen LogP contribution in [0, 0.1) is 11.3 Å². The molecule has 1 saturated carbocycles. The highest BCUT2D eigenvalue weighted by atomic mass is 16.7. The number of aliphatic hydroxyl groups is 6. The molecule has 2 fully saturated rings. The number of carbonyl (C=O) groups excluding carboxylic acids is 1. The summed E-state index contributed by atoms with van der Waals surface area (Å²) in [5, 5.41) is 69.7. The van der Waals surface area contributed by atoms with Crippen LogP contribution >= 0.6 is 0 Å². The van der Waals surface area contributed by atoms with Crippen LogP contribution in [0.15, 0.2) is 42.0 Å². The van der Waals surface area contributed by atoms with Crippen molar-refractivity contribution in [3.8, 4) is 6.07 Å². The quantitative estimate of drug-likeness (QED) is 0.214. The number of benzene rings is 1. The maximum absolute atomic E-state index is 12.4. The zero-order valence-corrected chi connectivity index (χ0v) is 16.8. The van der Waals surface area contributed by atoms with Crippen LogP contribution in [0.5, 0.6) is 0 Å². The van der Waals surface area contributed by atoms with Gasteiger partial charge in [0.25, 0.3) is 0 Å². The van der Waals surface area contributed by atoms with Crippen molar-refractivity contribution in [2.75, 3.05) is 6.61 Å². The fraction of sp³-hybridized carbons (Fsp3) is 0.524. The van der Waals surface area contributed by atoms with Gasteiger partial charge < -0.3 is 44.8 Å². The second kappa shape index (κ2) is 10.5. The molecule has 1 aromatic carbocycles. The van der Waals surface area contributed by atoms with E-state index in [1.807, 2.05) is 0 Å². The number of hydrogen-bond donors (Lipinski definition) is 6. The van der Waals surface area contributed by atoms with Gasteiger partial charge in [-0.15, -0.1) is 0 Å². The third-order valence-corrected chi connectivity index (χ3v) is 5.49. The van der Waals surface area contributed by atoms with Crippen molar-refractivity contribution in [3.05, 3.63) is 47.5 Å². The molecule has 0 spiro atoms. The Balaban J connectivity index is 1.76. The van der Waals surface area contributed by atoms with Crippen LogP contribution < -0.4 is 0 Å². The van der Waals surface area contributed by atoms with E-state index in [1.54, 1.807) is 24.3 Å². The number of aliphatic hydroxyl groups excluding tert-OH is 6. The number of rotatable bonds is 5. The highest BCUT2D eigenvalue weighted by Gasteiger charge is 2.48. The van der Waals surface area contributed by atoms with Crippen molar-refractivity contribution in [3.63, 3.8) is 0 Å². The van der Waals surface area contributed by atoms with Crippen LogP contribution in [0.25, 0.3) is 0 Å². The van der Waals surface area contributed by atoms with Gasteiger partial charge in [0.1, 0.15) is 30.5 Å². The van der Waals surface area contributed by atoms with E-state index >= 15 is 0 Å². The Morgan fingerprint density at radius 2 is 1.81 bits per heavy atom. The number of nitriles is 1. The van der Waals surface area contributed by atoms with E-state index in [0.717, 1.165) is 6.08 Å². The van der Waals surface area contributed by atoms with Crippen LogP contribution in [0.4, 0.5) is 0 Å². The summed E-state index contributed by atoms with van der Waals surface area (Å²) in [4.78, 5) is 12.4. The molecule has 1 aromatic rings. The van der Waals surface area contributed by atoms with Gasteiger partial charge in [-0.2, -0.15) is 5.26 Å². The fourth-order valence-corrected chi connectivity index (χ4v) is 3.72. The number of carbonyl (C=O) groups is 1. The minimum Gasteiger partial charge on any atom is -0.453 e. The van der Waals surface area contributed by atoms with Gasteiger partial charge in [0.05, 0.1) is 30.4 Å². The summed E-state index contributed by atoms with van der Waals surface area (Å²) in [6.45, 7) is -0.668. The molecule has 0 bridgehead atoms. The zero-order chi connectivity index (χ0) is 23.4. The molecule has 6 N–H and O–H groups in total. The molecule has 0 amide bonds. The summed E-state index contributed by atoms with van der Waals surface area (Å²) in [5.41, 5.74) is 0.165. The first-order valence-electron chi connectivity index (χ1n) is 9.96. The zero-order valence-electron chi connectivity index (χ0n) is 16.8. The van der Waals surface area contributed by atoms with Gasteiger partial charge >= 0.3 is 5.97 Å². The van der Waals surface area contributed by atoms with Crippen molar-refractivity contribution in [1.82, 2.24) is 0 Å². The average molecular weight is 451 g/mol. The Bertz CT molecular complexity index is 854. The highest BCUT2D eigenvalue weighted by molar-refractivity contribution is 5.89. The molecule has 11 nitrogen and oxygen atoms in total. The van der Waals surface area contributed by atoms with Crippen molar-refractivity contribution < 1.29 is 49.6 Å². The topological polar surface area (TPSA) is 190 Å². The fourth-order valence-electron chi connectivity index (χ4n) is 3.72. The van der Waals surface area contributed by atoms with Crippen LogP contribution in [0.2, 0.25) is 0 Å². The molecule has 174 valence electrons. The summed E-state index contributed by atoms with van der Waals surface area (Å²) in [5.74, 6) is -0.779. The molecular weight excluding hydrogens is 426 g/mol. The molecule has 11 heteroatoms. The van der Waals surface area contributed by atoms with E-state index in [2.05, 4.69) is 0 Å². The van der Waals surface area contributed by atoms with E-state index in [-0.39, 0.29) is 17.6 Å². The summed E-state index contributed by atoms with van der Waals surface area (Å²) in [6, 6.07) is 9.69. The Labute approximate surface area is 183 Å². The van der Waals surface area contributed by atoms with Gasteiger partial charge in [-0.25, -0.2) is 4.79 Å². The lowest BCUT2D eigenvalue weighted by molar-refractivity contribution is -0.312. The van der Waals surface area contributed by atoms with Crippen LogP contribution in [0.1, 0.15) is 16.8 Å². The standard InChI is InChI=1S/C21H25NO10/c22-7-6-11-13(30-21-18(28)17(27)16(26)14(9-23)31-21)8-12(24)19(15(11)25)32-20(29)10-4-2-1-3-5-10/h1-6,12-19,21,23-28H,8-9H2/b11-6-/t12-,13+,14-,15+,16-,17+,18-,19+,21-/m1/s1. The molecule has 1 aliphatic carbocycles. The van der Waals surface area contributed by atoms with Crippen molar-refractivity contribution >= 4 is 5.97 Å². The summed E-state index contributed by atoms with van der Waals surface area (Å²) < 4.78 is 16.2. The normalized spacial score (nSPS) is 38.8. The van der Waals surface area contributed by atoms with Gasteiger partial charge in [-0.05, 0) is 12.1 Å². The molecule has 32 heavy (non-hydrogen) atoms. The van der Waals surface area contributed by atoms with Gasteiger partial charge in [-0.1, -0.05) is 18.2 Å². The van der Waals surface area contributed by atoms with E-state index < -0.39 is 67.7 Å². The maximum Gasteiger partial charge on any atom is 0.338 e. The van der Waals surface area contributed by atoms with Gasteiger partial charge in [0, 0.05) is 18.1 Å². The Morgan fingerprint density at radius 1 is 1.12 bits per heavy atom. The number of nitrogens with zero attached hydrogens (tertiary/aromatic N) is 1. The molecule has 2 aliphatic rings. The second-order valence-corrected chi connectivity index (χ2v) is 7.58. The van der Waals surface area contributed by atoms with Gasteiger partial charge in [0.2, 0.25) is 0 Å². The van der Waals surface area contributed by atoms with Crippen molar-refractivity contribution in [2.45, 2.75) is 61.5 Å². The summed E-state index contributed by atoms with van der Waals surface area (Å²) >= 11 is 0. The van der Waals surface area contributed by atoms with Crippen LogP contribution in [-0.2, 0) is 14.2 Å². The molecule has 9 atom stereocenters. The van der Waals surface area contributed by atoms with E-state index in [9.17, 15) is 35.4 Å². The predicted molar refractivity (Wildman–Crippen MR) is 105 cm³/mol. The lowest BCUT2D eigenvalue weighted by atomic mass is 9.84. The maximum atomic E-state index is 12.4. The third-order valence-electron chi connectivity index (χ3n) is 5.49. The molecule has 1 heterocycles. The van der Waals surface area contributed by atoms with E-state index in [1.165, 1.54) is 12.1 Å². The highest BCUT2D eigenvalue weighted by Crippen LogP contribution is 2.33. The smallest absolute Gasteiger partial charge is 0.338 e. The monoisotopic (exact) mass is 451 g/mol. The second-order valence-electron chi connectivity index (χ2n) is 7.58. The van der Waals surface area contributed by atoms with Crippen LogP contribution in [-0.4, -0.2) is 98.3 Å². The van der Waals surface area contributed by atoms with E-state index in [4.69, 9.17) is 19.5 Å². The number of allylic oxidation sites excluding steroid dienone is 1. The minimum absolute atomic E-state index is 0.0411. The first kappa shape index (κ1) is 24.2. The lowest BCUT2D eigenvalue weighted by Gasteiger charge is -2.43. The van der Waals surface area contributed by atoms with E-state index in [0.29, 0.717) is 0 Å². The van der Waals surface area contributed by atoms with Crippen molar-refractivity contribution in [2.24, 2.45) is 0 Å². The SMILES string of the molecule is N#C/C=C1/[C@@H](O[C@@H]2O[C@H](CO)[C@@H](O)[C@H](O)[C@H]2O)C[C@@H](O)[C@H](OC(=O)c2ccccc2)[C@H]1O. The predicted octanol–water partition coefficient (Wildman–Crippen LogP) is -2.03. The van der Waals surface area contributed by atoms with Crippen LogP contribution in [0.3, 0.4) is 0 Å². The third kappa shape index (κ3) is 4.98. The number of ether oxygens (including phenoxy) is 3. The molecule has 1 aliphatic heterocycles. The Hall–Kier alpha value is -2.40. The Morgan fingerprint density at radius 3 is 2.44 bits per heavy atom. The average Bonchev–Trinajstić information content (AvgIpc) is 2.79. The molecule has 1 saturated heterocycles. The molecule has 0 unspecified atom stereocenters.